The molecule has 2 atom stereocenters. The summed E-state index contributed by atoms with van der Waals surface area (Å²) in [5, 5.41) is 11.4. The van der Waals surface area contributed by atoms with E-state index >= 15 is 0 Å². The lowest BCUT2D eigenvalue weighted by Gasteiger charge is -2.27. The van der Waals surface area contributed by atoms with Gasteiger partial charge in [-0.25, -0.2) is 4.79 Å². The van der Waals surface area contributed by atoms with Crippen LogP contribution in [0.4, 0.5) is 0 Å². The minimum atomic E-state index is -1.20. The fourth-order valence-electron chi connectivity index (χ4n) is 1.33. The van der Waals surface area contributed by atoms with Crippen LogP contribution in [-0.4, -0.2) is 48.8 Å². The molecule has 0 bridgehead atoms. The number of rotatable bonds is 8. The summed E-state index contributed by atoms with van der Waals surface area (Å²) in [5.41, 5.74) is -1.08. The smallest absolute Gasteiger partial charge is 0.326 e. The Morgan fingerprint density at radius 3 is 2.26 bits per heavy atom. The first kappa shape index (κ1) is 17.4. The second-order valence-electron chi connectivity index (χ2n) is 4.27. The molecule has 0 heterocycles. The molecule has 0 aromatic carbocycles. The van der Waals surface area contributed by atoms with Gasteiger partial charge < -0.3 is 19.9 Å². The number of hydrogen-bond donors (Lipinski definition) is 2. The number of esters is 1. The highest BCUT2D eigenvalue weighted by molar-refractivity contribution is 5.89. The lowest BCUT2D eigenvalue weighted by molar-refractivity contribution is -0.149. The van der Waals surface area contributed by atoms with E-state index in [-0.39, 0.29) is 12.8 Å². The summed E-state index contributed by atoms with van der Waals surface area (Å²) in [5.74, 6) is -2.24. The Labute approximate surface area is 112 Å². The van der Waals surface area contributed by atoms with Crippen molar-refractivity contribution in [2.45, 2.75) is 44.8 Å². The van der Waals surface area contributed by atoms with Crippen molar-refractivity contribution in [2.75, 3.05) is 14.2 Å². The third kappa shape index (κ3) is 5.25. The molecule has 7 nitrogen and oxygen atoms in total. The first-order valence-corrected chi connectivity index (χ1v) is 5.96. The first-order chi connectivity index (χ1) is 8.80. The van der Waals surface area contributed by atoms with E-state index in [0.29, 0.717) is 6.42 Å². The van der Waals surface area contributed by atoms with Gasteiger partial charge in [0.05, 0.1) is 7.11 Å². The Bertz CT molecular complexity index is 337. The van der Waals surface area contributed by atoms with Gasteiger partial charge in [0.2, 0.25) is 0 Å². The minimum absolute atomic E-state index is 0.0305. The molecule has 0 radical (unpaired) electrons. The fourth-order valence-corrected chi connectivity index (χ4v) is 1.33. The van der Waals surface area contributed by atoms with E-state index in [1.54, 1.807) is 13.8 Å². The van der Waals surface area contributed by atoms with E-state index in [9.17, 15) is 14.4 Å². The maximum Gasteiger partial charge on any atom is 0.326 e. The molecule has 0 spiro atoms. The molecule has 110 valence electrons. The monoisotopic (exact) mass is 275 g/mol. The molecular formula is C12H21NO6. The number of carboxylic acid groups (broad SMARTS) is 1. The molecule has 0 saturated heterocycles. The summed E-state index contributed by atoms with van der Waals surface area (Å²) in [7, 11) is 2.60. The lowest BCUT2D eigenvalue weighted by Crippen LogP contribution is -2.51. The molecule has 0 aromatic heterocycles. The van der Waals surface area contributed by atoms with Gasteiger partial charge in [0.1, 0.15) is 11.6 Å². The van der Waals surface area contributed by atoms with Crippen LogP contribution in [-0.2, 0) is 23.9 Å². The number of carbonyl (C=O) groups is 3. The van der Waals surface area contributed by atoms with Crippen LogP contribution in [0.2, 0.25) is 0 Å². The second kappa shape index (κ2) is 7.73. The highest BCUT2D eigenvalue weighted by Gasteiger charge is 2.34. The molecule has 0 aliphatic rings. The summed E-state index contributed by atoms with van der Waals surface area (Å²) < 4.78 is 9.51. The molecule has 19 heavy (non-hydrogen) atoms. The van der Waals surface area contributed by atoms with Gasteiger partial charge in [-0.3, -0.25) is 9.59 Å². The number of aliphatic carboxylic acids is 1. The summed E-state index contributed by atoms with van der Waals surface area (Å²) in [4.78, 5) is 34.0. The highest BCUT2D eigenvalue weighted by Crippen LogP contribution is 2.14. The predicted molar refractivity (Wildman–Crippen MR) is 66.5 cm³/mol. The SMILES string of the molecule is CCC(C)(OC)C(=O)NC(CCC(=O)OC)C(=O)O. The van der Waals surface area contributed by atoms with Gasteiger partial charge in [0.15, 0.2) is 0 Å². The Morgan fingerprint density at radius 2 is 1.89 bits per heavy atom. The maximum absolute atomic E-state index is 11.9. The van der Waals surface area contributed by atoms with Crippen LogP contribution < -0.4 is 5.32 Å². The van der Waals surface area contributed by atoms with Crippen molar-refractivity contribution >= 4 is 17.8 Å². The Hall–Kier alpha value is -1.63. The van der Waals surface area contributed by atoms with Crippen molar-refractivity contribution in [2.24, 2.45) is 0 Å². The zero-order chi connectivity index (χ0) is 15.1. The van der Waals surface area contributed by atoms with Crippen LogP contribution in [0.1, 0.15) is 33.1 Å². The summed E-state index contributed by atoms with van der Waals surface area (Å²) in [6.45, 7) is 3.33. The van der Waals surface area contributed by atoms with Gasteiger partial charge in [0, 0.05) is 13.5 Å². The van der Waals surface area contributed by atoms with E-state index < -0.39 is 29.5 Å². The van der Waals surface area contributed by atoms with Crippen LogP contribution in [0, 0.1) is 0 Å². The summed E-state index contributed by atoms with van der Waals surface area (Å²) in [6.07, 6.45) is 0.291. The number of carboxylic acids is 1. The largest absolute Gasteiger partial charge is 0.480 e. The van der Waals surface area contributed by atoms with Crippen LogP contribution in [0.15, 0.2) is 0 Å². The molecule has 0 saturated carbocycles. The third-order valence-electron chi connectivity index (χ3n) is 3.07. The van der Waals surface area contributed by atoms with Gasteiger partial charge in [-0.05, 0) is 19.8 Å². The van der Waals surface area contributed by atoms with Crippen LogP contribution >= 0.6 is 0 Å². The highest BCUT2D eigenvalue weighted by atomic mass is 16.5. The molecule has 0 aliphatic carbocycles. The van der Waals surface area contributed by atoms with Crippen LogP contribution in [0.5, 0.6) is 0 Å². The molecule has 0 aromatic rings. The number of hydrogen-bond acceptors (Lipinski definition) is 5. The molecule has 2 unspecified atom stereocenters. The summed E-state index contributed by atoms with van der Waals surface area (Å²) >= 11 is 0. The van der Waals surface area contributed by atoms with Gasteiger partial charge >= 0.3 is 11.9 Å². The first-order valence-electron chi connectivity index (χ1n) is 5.96. The number of carbonyl (C=O) groups excluding carboxylic acids is 2. The molecule has 0 aliphatic heterocycles. The molecule has 1 amide bonds. The van der Waals surface area contributed by atoms with Gasteiger partial charge in [-0.15, -0.1) is 0 Å². The maximum atomic E-state index is 11.9. The van der Waals surface area contributed by atoms with Crippen molar-refractivity contribution in [1.82, 2.24) is 5.32 Å². The minimum Gasteiger partial charge on any atom is -0.480 e. The average Bonchev–Trinajstić information content (AvgIpc) is 2.41. The predicted octanol–water partition coefficient (Wildman–Crippen LogP) is 0.324. The molecule has 2 N–H and O–H groups in total. The summed E-state index contributed by atoms with van der Waals surface area (Å²) in [6, 6.07) is -1.15. The Morgan fingerprint density at radius 1 is 1.32 bits per heavy atom. The zero-order valence-corrected chi connectivity index (χ0v) is 11.7. The van der Waals surface area contributed by atoms with Gasteiger partial charge in [-0.2, -0.15) is 0 Å². The van der Waals surface area contributed by atoms with Crippen molar-refractivity contribution in [1.29, 1.82) is 0 Å². The zero-order valence-electron chi connectivity index (χ0n) is 11.7. The quantitative estimate of drug-likeness (QED) is 0.619. The van der Waals surface area contributed by atoms with E-state index in [1.807, 2.05) is 0 Å². The van der Waals surface area contributed by atoms with Crippen molar-refractivity contribution < 1.29 is 29.0 Å². The Balaban J connectivity index is 4.63. The van der Waals surface area contributed by atoms with Crippen molar-refractivity contribution in [3.63, 3.8) is 0 Å². The van der Waals surface area contributed by atoms with Crippen molar-refractivity contribution in [3.05, 3.63) is 0 Å². The second-order valence-corrected chi connectivity index (χ2v) is 4.27. The van der Waals surface area contributed by atoms with E-state index in [1.165, 1.54) is 14.2 Å². The Kier molecular flexibility index (Phi) is 7.06. The fraction of sp³-hybridized carbons (Fsp3) is 0.750. The van der Waals surface area contributed by atoms with E-state index in [2.05, 4.69) is 10.1 Å². The normalized spacial score (nSPS) is 15.2. The van der Waals surface area contributed by atoms with Crippen LogP contribution in [0.25, 0.3) is 0 Å². The molecule has 0 fully saturated rings. The topological polar surface area (TPSA) is 102 Å². The average molecular weight is 275 g/mol. The lowest BCUT2D eigenvalue weighted by atomic mass is 10.0. The van der Waals surface area contributed by atoms with Crippen LogP contribution in [0.3, 0.4) is 0 Å². The number of ether oxygens (including phenoxy) is 2. The molecule has 7 heteroatoms. The van der Waals surface area contributed by atoms with E-state index in [4.69, 9.17) is 9.84 Å². The van der Waals surface area contributed by atoms with Gasteiger partial charge in [-0.1, -0.05) is 6.92 Å². The number of amides is 1. The number of methoxy groups -OCH3 is 2. The number of nitrogens with one attached hydrogen (secondary N) is 1. The van der Waals surface area contributed by atoms with Gasteiger partial charge in [0.25, 0.3) is 5.91 Å². The molecule has 0 rings (SSSR count). The van der Waals surface area contributed by atoms with E-state index in [0.717, 1.165) is 0 Å². The standard InChI is InChI=1S/C12H21NO6/c1-5-12(2,19-4)11(17)13-8(10(15)16)6-7-9(14)18-3/h8H,5-7H2,1-4H3,(H,13,17)(H,15,16). The van der Waals surface area contributed by atoms with Crippen molar-refractivity contribution in [3.8, 4) is 0 Å². The molecular weight excluding hydrogens is 254 g/mol. The third-order valence-corrected chi connectivity index (χ3v) is 3.07.